The van der Waals surface area contributed by atoms with Crippen LogP contribution in [0, 0.1) is 5.82 Å². The van der Waals surface area contributed by atoms with Crippen molar-refractivity contribution in [2.24, 2.45) is 0 Å². The summed E-state index contributed by atoms with van der Waals surface area (Å²) in [5.41, 5.74) is 3.83. The minimum absolute atomic E-state index is 0.121. The van der Waals surface area contributed by atoms with Crippen LogP contribution < -0.4 is 0 Å². The molecule has 0 radical (unpaired) electrons. The van der Waals surface area contributed by atoms with E-state index in [-0.39, 0.29) is 17.6 Å². The lowest BCUT2D eigenvalue weighted by atomic mass is 9.93. The number of benzene rings is 1. The lowest BCUT2D eigenvalue weighted by Gasteiger charge is -2.32. The molecule has 4 nitrogen and oxygen atoms in total. The maximum atomic E-state index is 13.1. The quantitative estimate of drug-likeness (QED) is 0.658. The normalized spacial score (nSPS) is 16.6. The third kappa shape index (κ3) is 5.05. The van der Waals surface area contributed by atoms with Gasteiger partial charge in [0.1, 0.15) is 5.82 Å². The van der Waals surface area contributed by atoms with Gasteiger partial charge in [-0.05, 0) is 54.8 Å². The van der Waals surface area contributed by atoms with Gasteiger partial charge in [-0.25, -0.2) is 4.39 Å². The highest BCUT2D eigenvalue weighted by Gasteiger charge is 2.25. The number of piperidine rings is 1. The third-order valence-electron chi connectivity index (χ3n) is 5.38. The molecule has 1 fully saturated rings. The van der Waals surface area contributed by atoms with Crippen LogP contribution in [-0.2, 0) is 17.6 Å². The Morgan fingerprint density at radius 2 is 1.86 bits per heavy atom. The molecule has 0 bridgehead atoms. The Kier molecular flexibility index (Phi) is 5.94. The van der Waals surface area contributed by atoms with E-state index in [9.17, 15) is 9.18 Å². The molecule has 0 spiro atoms. The van der Waals surface area contributed by atoms with E-state index in [0.717, 1.165) is 42.0 Å². The van der Waals surface area contributed by atoms with Crippen LogP contribution in [0.3, 0.4) is 0 Å². The van der Waals surface area contributed by atoms with Crippen LogP contribution in [0.5, 0.6) is 0 Å². The van der Waals surface area contributed by atoms with Gasteiger partial charge in [0.25, 0.3) is 0 Å². The number of likely N-dealkylation sites (tertiary alicyclic amines) is 1. The zero-order chi connectivity index (χ0) is 20.1. The van der Waals surface area contributed by atoms with E-state index in [2.05, 4.69) is 4.98 Å². The first-order valence-electron chi connectivity index (χ1n) is 10.1. The van der Waals surface area contributed by atoms with E-state index in [1.807, 2.05) is 41.3 Å². The zero-order valence-corrected chi connectivity index (χ0v) is 16.3. The van der Waals surface area contributed by atoms with Crippen molar-refractivity contribution in [2.45, 2.75) is 31.6 Å². The van der Waals surface area contributed by atoms with Crippen LogP contribution in [-0.4, -0.2) is 33.9 Å². The topological polar surface area (TPSA) is 46.1 Å². The van der Waals surface area contributed by atoms with E-state index in [4.69, 9.17) is 4.98 Å². The molecule has 5 heteroatoms. The van der Waals surface area contributed by atoms with Crippen molar-refractivity contribution in [3.05, 3.63) is 95.3 Å². The zero-order valence-electron chi connectivity index (χ0n) is 16.3. The minimum Gasteiger partial charge on any atom is -0.342 e. The summed E-state index contributed by atoms with van der Waals surface area (Å²) in [6, 6.07) is 18.3. The lowest BCUT2D eigenvalue weighted by Crippen LogP contribution is -2.40. The first-order chi connectivity index (χ1) is 14.2. The highest BCUT2D eigenvalue weighted by molar-refractivity contribution is 5.78. The molecule has 3 aromatic rings. The molecule has 0 N–H and O–H groups in total. The van der Waals surface area contributed by atoms with Crippen molar-refractivity contribution in [3.63, 3.8) is 0 Å². The summed E-state index contributed by atoms with van der Waals surface area (Å²) in [6.45, 7) is 1.48. The number of carbonyl (C=O) groups is 1. The largest absolute Gasteiger partial charge is 0.342 e. The molecule has 1 amide bonds. The number of hydrogen-bond donors (Lipinski definition) is 0. The molecule has 1 unspecified atom stereocenters. The van der Waals surface area contributed by atoms with E-state index in [1.54, 1.807) is 18.3 Å². The van der Waals surface area contributed by atoms with Gasteiger partial charge in [-0.1, -0.05) is 24.3 Å². The number of aromatic nitrogens is 2. The second kappa shape index (κ2) is 8.95. The van der Waals surface area contributed by atoms with Crippen molar-refractivity contribution in [1.29, 1.82) is 0 Å². The molecule has 1 saturated heterocycles. The first-order valence-corrected chi connectivity index (χ1v) is 10.1. The van der Waals surface area contributed by atoms with Crippen LogP contribution in [0.1, 0.15) is 41.4 Å². The molecule has 4 rings (SSSR count). The SMILES string of the molecule is O=C(Cc1ccccn1)N1CCCC(c2cccc(Cc3ccc(F)cc3)n2)C1. The monoisotopic (exact) mass is 389 g/mol. The second-order valence-electron chi connectivity index (χ2n) is 7.53. The van der Waals surface area contributed by atoms with Crippen molar-refractivity contribution < 1.29 is 9.18 Å². The van der Waals surface area contributed by atoms with Crippen LogP contribution in [0.15, 0.2) is 66.9 Å². The van der Waals surface area contributed by atoms with Gasteiger partial charge in [-0.2, -0.15) is 0 Å². The highest BCUT2D eigenvalue weighted by Crippen LogP contribution is 2.26. The predicted molar refractivity (Wildman–Crippen MR) is 110 cm³/mol. The summed E-state index contributed by atoms with van der Waals surface area (Å²) < 4.78 is 13.1. The summed E-state index contributed by atoms with van der Waals surface area (Å²) in [4.78, 5) is 23.8. The number of halogens is 1. The molecule has 0 saturated carbocycles. The van der Waals surface area contributed by atoms with Gasteiger partial charge in [0, 0.05) is 48.7 Å². The summed E-state index contributed by atoms with van der Waals surface area (Å²) >= 11 is 0. The van der Waals surface area contributed by atoms with Gasteiger partial charge < -0.3 is 4.90 Å². The molecule has 148 valence electrons. The molecule has 1 atom stereocenters. The van der Waals surface area contributed by atoms with Crippen molar-refractivity contribution in [2.75, 3.05) is 13.1 Å². The van der Waals surface area contributed by atoms with E-state index >= 15 is 0 Å². The standard InChI is InChI=1S/C24H24FN3O/c25-20-11-9-18(10-12-20)15-22-7-3-8-23(27-22)19-5-4-14-28(17-19)24(29)16-21-6-1-2-13-26-21/h1-3,6-13,19H,4-5,14-17H2. The number of hydrogen-bond acceptors (Lipinski definition) is 3. The van der Waals surface area contributed by atoms with Crippen molar-refractivity contribution in [1.82, 2.24) is 14.9 Å². The number of rotatable bonds is 5. The number of amides is 1. The van der Waals surface area contributed by atoms with E-state index in [1.165, 1.54) is 12.1 Å². The summed E-state index contributed by atoms with van der Waals surface area (Å²) in [6.07, 6.45) is 4.73. The molecule has 1 aromatic carbocycles. The van der Waals surface area contributed by atoms with E-state index < -0.39 is 0 Å². The van der Waals surface area contributed by atoms with Crippen LogP contribution in [0.4, 0.5) is 4.39 Å². The summed E-state index contributed by atoms with van der Waals surface area (Å²) in [5, 5.41) is 0. The van der Waals surface area contributed by atoms with Crippen LogP contribution in [0.25, 0.3) is 0 Å². The van der Waals surface area contributed by atoms with Gasteiger partial charge in [-0.15, -0.1) is 0 Å². The Bertz CT molecular complexity index is 959. The maximum Gasteiger partial charge on any atom is 0.228 e. The lowest BCUT2D eigenvalue weighted by molar-refractivity contribution is -0.131. The molecule has 2 aromatic heterocycles. The van der Waals surface area contributed by atoms with Crippen molar-refractivity contribution in [3.8, 4) is 0 Å². The van der Waals surface area contributed by atoms with Crippen LogP contribution in [0.2, 0.25) is 0 Å². The fourth-order valence-corrected chi connectivity index (χ4v) is 3.85. The van der Waals surface area contributed by atoms with Gasteiger partial charge >= 0.3 is 0 Å². The Morgan fingerprint density at radius 3 is 2.66 bits per heavy atom. The smallest absolute Gasteiger partial charge is 0.228 e. The number of pyridine rings is 2. The number of carbonyl (C=O) groups excluding carboxylic acids is 1. The first kappa shape index (κ1) is 19.2. The Hall–Kier alpha value is -3.08. The van der Waals surface area contributed by atoms with E-state index in [0.29, 0.717) is 19.4 Å². The fraction of sp³-hybridized carbons (Fsp3) is 0.292. The highest BCUT2D eigenvalue weighted by atomic mass is 19.1. The van der Waals surface area contributed by atoms with Crippen molar-refractivity contribution >= 4 is 5.91 Å². The fourth-order valence-electron chi connectivity index (χ4n) is 3.85. The third-order valence-corrected chi connectivity index (χ3v) is 5.38. The van der Waals surface area contributed by atoms with Gasteiger partial charge in [0.2, 0.25) is 5.91 Å². The van der Waals surface area contributed by atoms with Gasteiger partial charge in [0.15, 0.2) is 0 Å². The minimum atomic E-state index is -0.229. The van der Waals surface area contributed by atoms with Crippen LogP contribution >= 0.6 is 0 Å². The Balaban J connectivity index is 1.42. The molecular formula is C24H24FN3O. The Labute approximate surface area is 170 Å². The molecule has 3 heterocycles. The molecular weight excluding hydrogens is 365 g/mol. The molecule has 1 aliphatic heterocycles. The molecule has 1 aliphatic rings. The summed E-state index contributed by atoms with van der Waals surface area (Å²) in [5.74, 6) is 0.133. The van der Waals surface area contributed by atoms with Gasteiger partial charge in [-0.3, -0.25) is 14.8 Å². The molecule has 0 aliphatic carbocycles. The second-order valence-corrected chi connectivity index (χ2v) is 7.53. The predicted octanol–water partition coefficient (Wildman–Crippen LogP) is 4.16. The van der Waals surface area contributed by atoms with Gasteiger partial charge in [0.05, 0.1) is 6.42 Å². The average Bonchev–Trinajstić information content (AvgIpc) is 2.76. The number of nitrogens with zero attached hydrogens (tertiary/aromatic N) is 3. The Morgan fingerprint density at radius 1 is 1.03 bits per heavy atom. The summed E-state index contributed by atoms with van der Waals surface area (Å²) in [7, 11) is 0. The maximum absolute atomic E-state index is 13.1. The molecule has 29 heavy (non-hydrogen) atoms. The average molecular weight is 389 g/mol.